The lowest BCUT2D eigenvalue weighted by atomic mass is 10.1. The van der Waals surface area contributed by atoms with Crippen molar-refractivity contribution >= 4 is 27.5 Å². The fraction of sp³-hybridized carbons (Fsp3) is 0.500. The summed E-state index contributed by atoms with van der Waals surface area (Å²) in [5, 5.41) is 2.94. The van der Waals surface area contributed by atoms with Crippen LogP contribution < -0.4 is 11.1 Å². The molecule has 0 unspecified atom stereocenters. The van der Waals surface area contributed by atoms with Crippen LogP contribution in [0, 0.1) is 0 Å². The highest BCUT2D eigenvalue weighted by Crippen LogP contribution is 2.17. The number of nitrogens with two attached hydrogens (primary N) is 1. The lowest BCUT2D eigenvalue weighted by Gasteiger charge is -2.26. The summed E-state index contributed by atoms with van der Waals surface area (Å²) in [5.41, 5.74) is 6.92. The van der Waals surface area contributed by atoms with E-state index in [0.717, 1.165) is 24.1 Å². The SMILES string of the molecule is Nc1cc(Br)cc(C(=O)NCCN2CCCCC2)c1. The van der Waals surface area contributed by atoms with Crippen LogP contribution in [0.3, 0.4) is 0 Å². The van der Waals surface area contributed by atoms with Crippen molar-refractivity contribution in [2.45, 2.75) is 19.3 Å². The van der Waals surface area contributed by atoms with E-state index in [-0.39, 0.29) is 5.91 Å². The first-order chi connectivity index (χ1) is 9.15. The minimum Gasteiger partial charge on any atom is -0.399 e. The normalized spacial score (nSPS) is 16.3. The number of nitrogens with zero attached hydrogens (tertiary/aromatic N) is 1. The van der Waals surface area contributed by atoms with Crippen LogP contribution in [0.4, 0.5) is 5.69 Å². The maximum atomic E-state index is 12.0. The number of nitrogens with one attached hydrogen (secondary N) is 1. The summed E-state index contributed by atoms with van der Waals surface area (Å²) in [6, 6.07) is 5.26. The van der Waals surface area contributed by atoms with Gasteiger partial charge >= 0.3 is 0 Å². The number of likely N-dealkylation sites (tertiary alicyclic amines) is 1. The first kappa shape index (κ1) is 14.3. The lowest BCUT2D eigenvalue weighted by molar-refractivity contribution is 0.0946. The summed E-state index contributed by atoms with van der Waals surface area (Å²) in [4.78, 5) is 14.4. The topological polar surface area (TPSA) is 58.4 Å². The average Bonchev–Trinajstić information content (AvgIpc) is 2.38. The Labute approximate surface area is 122 Å². The fourth-order valence-electron chi connectivity index (χ4n) is 2.36. The maximum absolute atomic E-state index is 12.0. The van der Waals surface area contributed by atoms with Crippen LogP contribution in [0.15, 0.2) is 22.7 Å². The van der Waals surface area contributed by atoms with E-state index in [1.165, 1.54) is 19.3 Å². The van der Waals surface area contributed by atoms with Gasteiger partial charge in [0.25, 0.3) is 5.91 Å². The highest BCUT2D eigenvalue weighted by molar-refractivity contribution is 9.10. The number of halogens is 1. The summed E-state index contributed by atoms with van der Waals surface area (Å²) in [6.07, 6.45) is 3.88. The van der Waals surface area contributed by atoms with E-state index in [4.69, 9.17) is 5.73 Å². The molecule has 0 aromatic heterocycles. The maximum Gasteiger partial charge on any atom is 0.251 e. The van der Waals surface area contributed by atoms with Gasteiger partial charge in [0.15, 0.2) is 0 Å². The van der Waals surface area contributed by atoms with Crippen LogP contribution >= 0.6 is 15.9 Å². The number of hydrogen-bond donors (Lipinski definition) is 2. The molecule has 1 heterocycles. The van der Waals surface area contributed by atoms with Crippen LogP contribution in [0.1, 0.15) is 29.6 Å². The van der Waals surface area contributed by atoms with Gasteiger partial charge in [-0.3, -0.25) is 4.79 Å². The molecule has 0 saturated carbocycles. The van der Waals surface area contributed by atoms with Gasteiger partial charge in [-0.2, -0.15) is 0 Å². The Morgan fingerprint density at radius 2 is 2.00 bits per heavy atom. The predicted molar refractivity (Wildman–Crippen MR) is 81.2 cm³/mol. The highest BCUT2D eigenvalue weighted by atomic mass is 79.9. The molecule has 1 amide bonds. The Bertz CT molecular complexity index is 424. The van der Waals surface area contributed by atoms with Gasteiger partial charge in [0.05, 0.1) is 0 Å². The van der Waals surface area contributed by atoms with Crippen molar-refractivity contribution < 1.29 is 4.79 Å². The van der Waals surface area contributed by atoms with Crippen molar-refractivity contribution in [3.8, 4) is 0 Å². The number of hydrogen-bond acceptors (Lipinski definition) is 3. The van der Waals surface area contributed by atoms with Crippen LogP contribution in [0.2, 0.25) is 0 Å². The molecule has 0 bridgehead atoms. The zero-order valence-electron chi connectivity index (χ0n) is 11.0. The molecule has 1 aliphatic rings. The zero-order valence-corrected chi connectivity index (χ0v) is 12.6. The third-order valence-electron chi connectivity index (χ3n) is 3.34. The Morgan fingerprint density at radius 1 is 1.26 bits per heavy atom. The molecule has 1 saturated heterocycles. The van der Waals surface area contributed by atoms with Gasteiger partial charge in [-0.1, -0.05) is 22.4 Å². The number of rotatable bonds is 4. The summed E-state index contributed by atoms with van der Waals surface area (Å²) < 4.78 is 0.827. The molecule has 5 heteroatoms. The van der Waals surface area contributed by atoms with Gasteiger partial charge < -0.3 is 16.0 Å². The summed E-state index contributed by atoms with van der Waals surface area (Å²) in [5.74, 6) is -0.0648. The van der Waals surface area contributed by atoms with Crippen molar-refractivity contribution in [2.75, 3.05) is 31.9 Å². The molecule has 0 aliphatic carbocycles. The van der Waals surface area contributed by atoms with Crippen LogP contribution in [-0.4, -0.2) is 37.0 Å². The molecule has 1 aromatic rings. The van der Waals surface area contributed by atoms with Gasteiger partial charge in [0.1, 0.15) is 0 Å². The Morgan fingerprint density at radius 3 is 2.68 bits per heavy atom. The van der Waals surface area contributed by atoms with Crippen molar-refractivity contribution in [2.24, 2.45) is 0 Å². The molecule has 1 aromatic carbocycles. The van der Waals surface area contributed by atoms with E-state index < -0.39 is 0 Å². The largest absolute Gasteiger partial charge is 0.399 e. The van der Waals surface area contributed by atoms with Gasteiger partial charge in [0, 0.05) is 28.8 Å². The minimum atomic E-state index is -0.0648. The minimum absolute atomic E-state index is 0.0648. The smallest absolute Gasteiger partial charge is 0.251 e. The van der Waals surface area contributed by atoms with E-state index in [1.54, 1.807) is 18.2 Å². The van der Waals surface area contributed by atoms with Crippen molar-refractivity contribution in [1.29, 1.82) is 0 Å². The lowest BCUT2D eigenvalue weighted by Crippen LogP contribution is -2.37. The summed E-state index contributed by atoms with van der Waals surface area (Å²) >= 11 is 3.34. The van der Waals surface area contributed by atoms with E-state index in [2.05, 4.69) is 26.1 Å². The Balaban J connectivity index is 1.80. The molecule has 1 fully saturated rings. The summed E-state index contributed by atoms with van der Waals surface area (Å²) in [6.45, 7) is 3.92. The van der Waals surface area contributed by atoms with E-state index >= 15 is 0 Å². The second-order valence-electron chi connectivity index (χ2n) is 4.93. The number of anilines is 1. The first-order valence-corrected chi connectivity index (χ1v) is 7.51. The highest BCUT2D eigenvalue weighted by Gasteiger charge is 2.11. The molecule has 2 rings (SSSR count). The third kappa shape index (κ3) is 4.51. The van der Waals surface area contributed by atoms with E-state index in [1.807, 2.05) is 0 Å². The number of carbonyl (C=O) groups is 1. The van der Waals surface area contributed by atoms with Crippen molar-refractivity contribution in [3.63, 3.8) is 0 Å². The second-order valence-corrected chi connectivity index (χ2v) is 5.85. The Hall–Kier alpha value is -1.07. The van der Waals surface area contributed by atoms with Crippen LogP contribution in [0.25, 0.3) is 0 Å². The number of piperidine rings is 1. The average molecular weight is 326 g/mol. The first-order valence-electron chi connectivity index (χ1n) is 6.72. The van der Waals surface area contributed by atoms with Gasteiger partial charge in [-0.25, -0.2) is 0 Å². The molecule has 19 heavy (non-hydrogen) atoms. The molecule has 104 valence electrons. The van der Waals surface area contributed by atoms with Gasteiger partial charge in [-0.05, 0) is 44.1 Å². The Kier molecular flexibility index (Phi) is 5.22. The molecule has 4 nitrogen and oxygen atoms in total. The summed E-state index contributed by atoms with van der Waals surface area (Å²) in [7, 11) is 0. The number of nitrogen functional groups attached to an aromatic ring is 1. The van der Waals surface area contributed by atoms with Gasteiger partial charge in [-0.15, -0.1) is 0 Å². The fourth-order valence-corrected chi connectivity index (χ4v) is 2.87. The number of carbonyl (C=O) groups excluding carboxylic acids is 1. The zero-order chi connectivity index (χ0) is 13.7. The van der Waals surface area contributed by atoms with Crippen molar-refractivity contribution in [1.82, 2.24) is 10.2 Å². The van der Waals surface area contributed by atoms with Crippen LogP contribution in [-0.2, 0) is 0 Å². The molecule has 0 spiro atoms. The monoisotopic (exact) mass is 325 g/mol. The molecule has 0 atom stereocenters. The molecule has 0 radical (unpaired) electrons. The second kappa shape index (κ2) is 6.91. The molecular weight excluding hydrogens is 306 g/mol. The molecular formula is C14H20BrN3O. The standard InChI is InChI=1S/C14H20BrN3O/c15-12-8-11(9-13(16)10-12)14(19)17-4-7-18-5-2-1-3-6-18/h8-10H,1-7,16H2,(H,17,19). The number of amides is 1. The molecule has 1 aliphatic heterocycles. The number of benzene rings is 1. The molecule has 3 N–H and O–H groups in total. The third-order valence-corrected chi connectivity index (χ3v) is 3.80. The quantitative estimate of drug-likeness (QED) is 0.835. The van der Waals surface area contributed by atoms with Gasteiger partial charge in [0.2, 0.25) is 0 Å². The van der Waals surface area contributed by atoms with E-state index in [9.17, 15) is 4.79 Å². The van der Waals surface area contributed by atoms with E-state index in [0.29, 0.717) is 17.8 Å². The predicted octanol–water partition coefficient (Wildman–Crippen LogP) is 2.25. The van der Waals surface area contributed by atoms with Crippen LogP contribution in [0.5, 0.6) is 0 Å². The van der Waals surface area contributed by atoms with Crippen molar-refractivity contribution in [3.05, 3.63) is 28.2 Å².